The summed E-state index contributed by atoms with van der Waals surface area (Å²) < 4.78 is 7.87. The fourth-order valence-corrected chi connectivity index (χ4v) is 1.70. The smallest absolute Gasteiger partial charge is 0.168 e. The molecule has 0 saturated heterocycles. The molecule has 2 aromatic rings. The molecule has 0 unspecified atom stereocenters. The highest BCUT2D eigenvalue weighted by Gasteiger charge is 2.08. The maximum Gasteiger partial charge on any atom is 0.168 e. The van der Waals surface area contributed by atoms with E-state index in [0.717, 1.165) is 28.5 Å². The lowest BCUT2D eigenvalue weighted by atomic mass is 10.1. The van der Waals surface area contributed by atoms with Gasteiger partial charge in [-0.1, -0.05) is 29.8 Å². The van der Waals surface area contributed by atoms with Crippen LogP contribution >= 0.6 is 11.7 Å². The molecule has 4 heteroatoms. The number of carbonyl (C=O) groups excluding carboxylic acids is 1. The first kappa shape index (κ1) is 9.98. The second kappa shape index (κ2) is 4.31. The highest BCUT2D eigenvalue weighted by atomic mass is 32.1. The Bertz CT molecular complexity index is 448. The van der Waals surface area contributed by atoms with Crippen molar-refractivity contribution in [2.45, 2.75) is 13.3 Å². The summed E-state index contributed by atoms with van der Waals surface area (Å²) in [5.74, 6) is 0.0858. The van der Waals surface area contributed by atoms with Crippen molar-refractivity contribution < 1.29 is 4.79 Å². The predicted molar refractivity (Wildman–Crippen MR) is 59.1 cm³/mol. The number of carbonyl (C=O) groups is 1. The van der Waals surface area contributed by atoms with Gasteiger partial charge in [-0.2, -0.15) is 8.75 Å². The zero-order valence-electron chi connectivity index (χ0n) is 8.30. The highest BCUT2D eigenvalue weighted by molar-refractivity contribution is 6.99. The number of nitrogens with zero attached hydrogens (tertiary/aromatic N) is 2. The maximum absolute atomic E-state index is 11.8. The lowest BCUT2D eigenvalue weighted by Crippen LogP contribution is -2.03. The van der Waals surface area contributed by atoms with Gasteiger partial charge in [-0.3, -0.25) is 4.79 Å². The topological polar surface area (TPSA) is 42.9 Å². The predicted octanol–water partition coefficient (Wildman–Crippen LogP) is 2.27. The van der Waals surface area contributed by atoms with Gasteiger partial charge < -0.3 is 0 Å². The quantitative estimate of drug-likeness (QED) is 0.742. The minimum atomic E-state index is 0.0858. The minimum Gasteiger partial charge on any atom is -0.294 e. The summed E-state index contributed by atoms with van der Waals surface area (Å²) in [4.78, 5) is 11.8. The molecule has 3 nitrogen and oxygen atoms in total. The average Bonchev–Trinajstić information content (AvgIpc) is 2.71. The van der Waals surface area contributed by atoms with E-state index >= 15 is 0 Å². The van der Waals surface area contributed by atoms with E-state index in [4.69, 9.17) is 0 Å². The third kappa shape index (κ3) is 2.47. The molecule has 76 valence electrons. The van der Waals surface area contributed by atoms with Crippen molar-refractivity contribution in [2.75, 3.05) is 0 Å². The molecule has 0 bridgehead atoms. The first-order valence-electron chi connectivity index (χ1n) is 4.62. The van der Waals surface area contributed by atoms with Gasteiger partial charge in [-0.15, -0.1) is 0 Å². The number of hydrogen-bond donors (Lipinski definition) is 0. The third-order valence-corrected chi connectivity index (χ3v) is 2.64. The summed E-state index contributed by atoms with van der Waals surface area (Å²) in [5, 5.41) is 0. The average molecular weight is 218 g/mol. The Morgan fingerprint density at radius 1 is 1.33 bits per heavy atom. The Balaban J connectivity index is 2.11. The Kier molecular flexibility index (Phi) is 2.87. The van der Waals surface area contributed by atoms with Crippen LogP contribution in [0.1, 0.15) is 21.6 Å². The summed E-state index contributed by atoms with van der Waals surface area (Å²) in [6.07, 6.45) is 1.97. The number of Topliss-reactive ketones (excluding diaryl/α,β-unsaturated/α-hetero) is 1. The van der Waals surface area contributed by atoms with Crippen LogP contribution in [0.4, 0.5) is 0 Å². The fourth-order valence-electron chi connectivity index (χ4n) is 1.27. The molecule has 0 aliphatic rings. The van der Waals surface area contributed by atoms with Crippen molar-refractivity contribution in [3.8, 4) is 0 Å². The van der Waals surface area contributed by atoms with Crippen molar-refractivity contribution in [3.63, 3.8) is 0 Å². The van der Waals surface area contributed by atoms with Crippen molar-refractivity contribution in [3.05, 3.63) is 47.3 Å². The molecule has 0 saturated carbocycles. The molecule has 1 aromatic carbocycles. The van der Waals surface area contributed by atoms with Crippen LogP contribution < -0.4 is 0 Å². The summed E-state index contributed by atoms with van der Waals surface area (Å²) in [7, 11) is 0. The largest absolute Gasteiger partial charge is 0.294 e. The maximum atomic E-state index is 11.8. The van der Waals surface area contributed by atoms with Crippen LogP contribution in [0.25, 0.3) is 0 Å². The normalized spacial score (nSPS) is 10.2. The minimum absolute atomic E-state index is 0.0858. The van der Waals surface area contributed by atoms with Crippen LogP contribution in [0.15, 0.2) is 30.5 Å². The van der Waals surface area contributed by atoms with Crippen molar-refractivity contribution in [2.24, 2.45) is 0 Å². The van der Waals surface area contributed by atoms with Crippen LogP contribution in [-0.2, 0) is 6.42 Å². The molecule has 0 fully saturated rings. The lowest BCUT2D eigenvalue weighted by Gasteiger charge is -1.98. The number of rotatable bonds is 3. The Hall–Kier alpha value is -1.55. The standard InChI is InChI=1S/C11H10N2OS/c1-8-2-4-9(5-3-8)11(14)6-10-7-12-15-13-10/h2-5,7H,6H2,1H3. The SMILES string of the molecule is Cc1ccc(C(=O)Cc2cnsn2)cc1. The van der Waals surface area contributed by atoms with E-state index in [1.54, 1.807) is 6.20 Å². The molecule has 1 heterocycles. The van der Waals surface area contributed by atoms with E-state index in [9.17, 15) is 4.79 Å². The van der Waals surface area contributed by atoms with E-state index in [2.05, 4.69) is 8.75 Å². The van der Waals surface area contributed by atoms with Crippen LogP contribution in [0.2, 0.25) is 0 Å². The summed E-state index contributed by atoms with van der Waals surface area (Å²) in [6, 6.07) is 7.56. The van der Waals surface area contributed by atoms with Crippen LogP contribution in [0, 0.1) is 6.92 Å². The van der Waals surface area contributed by atoms with E-state index < -0.39 is 0 Å². The van der Waals surface area contributed by atoms with Gasteiger partial charge in [0.15, 0.2) is 5.78 Å². The van der Waals surface area contributed by atoms with Gasteiger partial charge in [0, 0.05) is 5.56 Å². The van der Waals surface area contributed by atoms with Gasteiger partial charge >= 0.3 is 0 Å². The molecule has 0 aliphatic heterocycles. The van der Waals surface area contributed by atoms with Gasteiger partial charge in [0.05, 0.1) is 30.0 Å². The monoisotopic (exact) mass is 218 g/mol. The van der Waals surface area contributed by atoms with Gasteiger partial charge in [0.1, 0.15) is 0 Å². The van der Waals surface area contributed by atoms with Gasteiger partial charge in [-0.25, -0.2) is 0 Å². The molecular weight excluding hydrogens is 208 g/mol. The molecule has 0 spiro atoms. The Morgan fingerprint density at radius 2 is 2.07 bits per heavy atom. The van der Waals surface area contributed by atoms with Crippen molar-refractivity contribution >= 4 is 17.5 Å². The number of ketones is 1. The number of aromatic nitrogens is 2. The zero-order chi connectivity index (χ0) is 10.7. The third-order valence-electron chi connectivity index (χ3n) is 2.12. The van der Waals surface area contributed by atoms with Gasteiger partial charge in [0.25, 0.3) is 0 Å². The van der Waals surface area contributed by atoms with E-state index in [-0.39, 0.29) is 5.78 Å². The van der Waals surface area contributed by atoms with E-state index in [0.29, 0.717) is 6.42 Å². The molecule has 0 N–H and O–H groups in total. The zero-order valence-corrected chi connectivity index (χ0v) is 9.12. The fraction of sp³-hybridized carbons (Fsp3) is 0.182. The van der Waals surface area contributed by atoms with Crippen LogP contribution in [0.5, 0.6) is 0 Å². The summed E-state index contributed by atoms with van der Waals surface area (Å²) in [6.45, 7) is 2.00. The van der Waals surface area contributed by atoms with Gasteiger partial charge in [0.2, 0.25) is 0 Å². The second-order valence-corrected chi connectivity index (χ2v) is 3.92. The molecule has 0 atom stereocenters. The molecular formula is C11H10N2OS. The molecule has 1 aromatic heterocycles. The first-order chi connectivity index (χ1) is 7.25. The number of hydrogen-bond acceptors (Lipinski definition) is 4. The summed E-state index contributed by atoms with van der Waals surface area (Å²) in [5.41, 5.74) is 2.63. The summed E-state index contributed by atoms with van der Waals surface area (Å²) >= 11 is 1.13. The molecule has 0 radical (unpaired) electrons. The van der Waals surface area contributed by atoms with E-state index in [1.807, 2.05) is 31.2 Å². The number of benzene rings is 1. The number of aryl methyl sites for hydroxylation is 1. The lowest BCUT2D eigenvalue weighted by molar-refractivity contribution is 0.0992. The molecule has 15 heavy (non-hydrogen) atoms. The van der Waals surface area contributed by atoms with Crippen molar-refractivity contribution in [1.29, 1.82) is 0 Å². The van der Waals surface area contributed by atoms with Crippen LogP contribution in [0.3, 0.4) is 0 Å². The second-order valence-electron chi connectivity index (χ2n) is 3.36. The first-order valence-corrected chi connectivity index (χ1v) is 5.35. The highest BCUT2D eigenvalue weighted by Crippen LogP contribution is 2.07. The molecule has 2 rings (SSSR count). The Labute approximate surface area is 92.1 Å². The Morgan fingerprint density at radius 3 is 2.67 bits per heavy atom. The van der Waals surface area contributed by atoms with Gasteiger partial charge in [-0.05, 0) is 6.92 Å². The van der Waals surface area contributed by atoms with E-state index in [1.165, 1.54) is 0 Å². The van der Waals surface area contributed by atoms with Crippen molar-refractivity contribution in [1.82, 2.24) is 8.75 Å². The van der Waals surface area contributed by atoms with Crippen LogP contribution in [-0.4, -0.2) is 14.5 Å². The molecule has 0 aliphatic carbocycles. The molecule has 0 amide bonds.